The van der Waals surface area contributed by atoms with E-state index in [2.05, 4.69) is 20.6 Å². The molecule has 0 aliphatic rings. The van der Waals surface area contributed by atoms with Crippen LogP contribution in [0.25, 0.3) is 22.2 Å². The summed E-state index contributed by atoms with van der Waals surface area (Å²) < 4.78 is 5.18. The molecule has 3 aromatic rings. The molecule has 1 atom stereocenters. The van der Waals surface area contributed by atoms with E-state index in [-0.39, 0.29) is 5.95 Å². The molecule has 162 valence electrons. The minimum absolute atomic E-state index is 0.134. The lowest BCUT2D eigenvalue weighted by Gasteiger charge is -2.21. The fraction of sp³-hybridized carbons (Fsp3) is 0.273. The van der Waals surface area contributed by atoms with Crippen LogP contribution in [0.5, 0.6) is 0 Å². The number of nitrogen functional groups attached to an aromatic ring is 1. The fourth-order valence-electron chi connectivity index (χ4n) is 2.88. The summed E-state index contributed by atoms with van der Waals surface area (Å²) in [4.78, 5) is 33.0. The zero-order chi connectivity index (χ0) is 22.8. The molecule has 2 aromatic carbocycles. The number of carbonyl (C=O) groups is 2. The van der Waals surface area contributed by atoms with Crippen LogP contribution in [0.4, 0.5) is 16.4 Å². The molecule has 1 unspecified atom stereocenters. The van der Waals surface area contributed by atoms with Crippen molar-refractivity contribution < 1.29 is 14.3 Å². The third-order valence-corrected chi connectivity index (χ3v) is 4.44. The Morgan fingerprint density at radius 1 is 1.13 bits per heavy atom. The summed E-state index contributed by atoms with van der Waals surface area (Å²) in [5.74, 6) is -0.257. The minimum Gasteiger partial charge on any atom is -0.444 e. The lowest BCUT2D eigenvalue weighted by Crippen LogP contribution is -2.43. The fourth-order valence-corrected chi connectivity index (χ4v) is 3.06. The lowest BCUT2D eigenvalue weighted by molar-refractivity contribution is -0.117. The van der Waals surface area contributed by atoms with Crippen LogP contribution in [0.1, 0.15) is 27.7 Å². The summed E-state index contributed by atoms with van der Waals surface area (Å²) in [6.45, 7) is 6.82. The number of ether oxygens (including phenoxy) is 1. The smallest absolute Gasteiger partial charge is 0.408 e. The molecule has 0 aliphatic carbocycles. The summed E-state index contributed by atoms with van der Waals surface area (Å²) in [6, 6.07) is 11.6. The van der Waals surface area contributed by atoms with E-state index in [1.165, 1.54) is 0 Å². The maximum atomic E-state index is 12.5. The van der Waals surface area contributed by atoms with Gasteiger partial charge in [-0.25, -0.2) is 14.8 Å². The molecule has 0 fully saturated rings. The number of halogens is 1. The summed E-state index contributed by atoms with van der Waals surface area (Å²) in [6.07, 6.45) is -0.663. The maximum Gasteiger partial charge on any atom is 0.408 e. The molecular formula is C22H24ClN5O3. The number of alkyl carbamates (subject to hydrolysis) is 1. The molecule has 4 N–H and O–H groups in total. The van der Waals surface area contributed by atoms with Gasteiger partial charge in [0.2, 0.25) is 11.9 Å². The highest BCUT2D eigenvalue weighted by Crippen LogP contribution is 2.30. The van der Waals surface area contributed by atoms with Crippen LogP contribution >= 0.6 is 11.6 Å². The number of aromatic nitrogens is 2. The molecule has 9 heteroatoms. The summed E-state index contributed by atoms with van der Waals surface area (Å²) in [5.41, 5.74) is 7.74. The van der Waals surface area contributed by atoms with Crippen LogP contribution in [0.15, 0.2) is 42.5 Å². The minimum atomic E-state index is -0.798. The first-order valence-corrected chi connectivity index (χ1v) is 10.0. The SMILES string of the molecule is CC(NC(=O)OC(C)(C)C)C(=O)Nc1cccc(-c2nc(N)nc3ccc(Cl)cc23)c1. The van der Waals surface area contributed by atoms with Gasteiger partial charge in [0.1, 0.15) is 11.6 Å². The first-order valence-electron chi connectivity index (χ1n) is 9.65. The second-order valence-electron chi connectivity index (χ2n) is 8.03. The van der Waals surface area contributed by atoms with Gasteiger partial charge in [0.15, 0.2) is 0 Å². The van der Waals surface area contributed by atoms with E-state index < -0.39 is 23.6 Å². The number of benzene rings is 2. The van der Waals surface area contributed by atoms with E-state index in [1.807, 2.05) is 6.07 Å². The average molecular weight is 442 g/mol. The number of hydrogen-bond acceptors (Lipinski definition) is 6. The number of hydrogen-bond donors (Lipinski definition) is 3. The van der Waals surface area contributed by atoms with E-state index in [0.717, 1.165) is 10.9 Å². The molecule has 1 aromatic heterocycles. The van der Waals surface area contributed by atoms with Crippen molar-refractivity contribution in [1.82, 2.24) is 15.3 Å². The quantitative estimate of drug-likeness (QED) is 0.552. The van der Waals surface area contributed by atoms with Crippen molar-refractivity contribution in [1.29, 1.82) is 0 Å². The highest BCUT2D eigenvalue weighted by atomic mass is 35.5. The van der Waals surface area contributed by atoms with Gasteiger partial charge in [-0.1, -0.05) is 23.7 Å². The van der Waals surface area contributed by atoms with Crippen LogP contribution in [0.2, 0.25) is 5.02 Å². The molecule has 0 spiro atoms. The summed E-state index contributed by atoms with van der Waals surface area (Å²) >= 11 is 6.15. The van der Waals surface area contributed by atoms with Crippen LogP contribution in [-0.4, -0.2) is 33.6 Å². The summed E-state index contributed by atoms with van der Waals surface area (Å²) in [7, 11) is 0. The van der Waals surface area contributed by atoms with Crippen LogP contribution in [0.3, 0.4) is 0 Å². The third kappa shape index (κ3) is 5.82. The Morgan fingerprint density at radius 2 is 1.87 bits per heavy atom. The molecule has 0 radical (unpaired) electrons. The van der Waals surface area contributed by atoms with Gasteiger partial charge in [0.05, 0.1) is 11.2 Å². The van der Waals surface area contributed by atoms with Crippen molar-refractivity contribution >= 4 is 46.1 Å². The molecule has 2 amide bonds. The van der Waals surface area contributed by atoms with Gasteiger partial charge in [-0.15, -0.1) is 0 Å². The largest absolute Gasteiger partial charge is 0.444 e. The van der Waals surface area contributed by atoms with Gasteiger partial charge in [0.25, 0.3) is 0 Å². The van der Waals surface area contributed by atoms with E-state index in [4.69, 9.17) is 22.1 Å². The average Bonchev–Trinajstić information content (AvgIpc) is 2.66. The number of carbonyl (C=O) groups excluding carboxylic acids is 2. The van der Waals surface area contributed by atoms with E-state index >= 15 is 0 Å². The van der Waals surface area contributed by atoms with Crippen LogP contribution < -0.4 is 16.4 Å². The number of nitrogens with one attached hydrogen (secondary N) is 2. The normalized spacial score (nSPS) is 12.3. The number of anilines is 2. The van der Waals surface area contributed by atoms with Crippen molar-refractivity contribution in [3.8, 4) is 11.3 Å². The van der Waals surface area contributed by atoms with Crippen LogP contribution in [-0.2, 0) is 9.53 Å². The second-order valence-corrected chi connectivity index (χ2v) is 8.47. The number of fused-ring (bicyclic) bond motifs is 1. The van der Waals surface area contributed by atoms with Crippen LogP contribution in [0, 0.1) is 0 Å². The molecule has 0 aliphatic heterocycles. The Hall–Kier alpha value is -3.39. The zero-order valence-corrected chi connectivity index (χ0v) is 18.4. The summed E-state index contributed by atoms with van der Waals surface area (Å²) in [5, 5.41) is 6.59. The monoisotopic (exact) mass is 441 g/mol. The Balaban J connectivity index is 1.81. The van der Waals surface area contributed by atoms with E-state index in [9.17, 15) is 9.59 Å². The second kappa shape index (κ2) is 8.77. The molecule has 0 bridgehead atoms. The Labute approximate surface area is 185 Å². The number of rotatable bonds is 4. The standard InChI is InChI=1S/C22H24ClN5O3/c1-12(25-21(30)31-22(2,3)4)19(29)26-15-7-5-6-13(10-15)18-16-11-14(23)8-9-17(16)27-20(24)28-18/h5-12H,1-4H3,(H,25,30)(H,26,29)(H2,24,27,28). The predicted molar refractivity (Wildman–Crippen MR) is 122 cm³/mol. The Bertz CT molecular complexity index is 1140. The molecule has 0 saturated heterocycles. The van der Waals surface area contributed by atoms with Crippen molar-refractivity contribution in [2.75, 3.05) is 11.1 Å². The van der Waals surface area contributed by atoms with Gasteiger partial charge in [-0.05, 0) is 58.0 Å². The first kappa shape index (κ1) is 22.3. The van der Waals surface area contributed by atoms with Crippen molar-refractivity contribution in [3.05, 3.63) is 47.5 Å². The van der Waals surface area contributed by atoms with Crippen molar-refractivity contribution in [2.45, 2.75) is 39.3 Å². The molecule has 1 heterocycles. The Kier molecular flexibility index (Phi) is 6.31. The molecular weight excluding hydrogens is 418 g/mol. The van der Waals surface area contributed by atoms with Gasteiger partial charge in [0, 0.05) is 21.7 Å². The third-order valence-electron chi connectivity index (χ3n) is 4.21. The predicted octanol–water partition coefficient (Wildman–Crippen LogP) is 4.38. The van der Waals surface area contributed by atoms with Gasteiger partial charge in [-0.3, -0.25) is 4.79 Å². The molecule has 3 rings (SSSR count). The lowest BCUT2D eigenvalue weighted by atomic mass is 10.1. The van der Waals surface area contributed by atoms with Crippen molar-refractivity contribution in [2.24, 2.45) is 0 Å². The van der Waals surface area contributed by atoms with E-state index in [0.29, 0.717) is 21.9 Å². The van der Waals surface area contributed by atoms with E-state index in [1.54, 1.807) is 64.1 Å². The molecule has 31 heavy (non-hydrogen) atoms. The molecule has 0 saturated carbocycles. The maximum absolute atomic E-state index is 12.5. The van der Waals surface area contributed by atoms with Crippen molar-refractivity contribution in [3.63, 3.8) is 0 Å². The topological polar surface area (TPSA) is 119 Å². The number of nitrogens with two attached hydrogens (primary N) is 1. The number of nitrogens with zero attached hydrogens (tertiary/aromatic N) is 2. The molecule has 8 nitrogen and oxygen atoms in total. The van der Waals surface area contributed by atoms with Gasteiger partial charge < -0.3 is 21.1 Å². The highest BCUT2D eigenvalue weighted by molar-refractivity contribution is 6.31. The highest BCUT2D eigenvalue weighted by Gasteiger charge is 2.21. The zero-order valence-electron chi connectivity index (χ0n) is 17.7. The van der Waals surface area contributed by atoms with Gasteiger partial charge in [-0.2, -0.15) is 0 Å². The number of amides is 2. The van der Waals surface area contributed by atoms with Gasteiger partial charge >= 0.3 is 6.09 Å². The Morgan fingerprint density at radius 3 is 2.58 bits per heavy atom. The first-order chi connectivity index (χ1) is 14.5.